The summed E-state index contributed by atoms with van der Waals surface area (Å²) < 4.78 is 0. The van der Waals surface area contributed by atoms with Crippen LogP contribution in [-0.4, -0.2) is 43.9 Å². The first-order chi connectivity index (χ1) is 2.73. The van der Waals surface area contributed by atoms with Gasteiger partial charge in [0.2, 0.25) is 0 Å². The molecule has 0 saturated carbocycles. The summed E-state index contributed by atoms with van der Waals surface area (Å²) in [5.74, 6) is 8.00. The van der Waals surface area contributed by atoms with Crippen LogP contribution in [0.2, 0.25) is 0 Å². The molecule has 0 heterocycles. The van der Waals surface area contributed by atoms with Gasteiger partial charge in [0.25, 0.3) is 0 Å². The number of rotatable bonds is 0. The minimum Gasteiger partial charge on any atom is -0.652 e. The van der Waals surface area contributed by atoms with E-state index in [9.17, 15) is 0 Å². The van der Waals surface area contributed by atoms with Crippen molar-refractivity contribution in [3.05, 3.63) is 0 Å². The normalized spacial score (nSPS) is 4.29. The van der Waals surface area contributed by atoms with E-state index in [1.165, 1.54) is 0 Å². The molecular weight excluding hydrogens is 128 g/mol. The second kappa shape index (κ2) is 16.1. The molecule has 0 amide bonds. The van der Waals surface area contributed by atoms with E-state index in [1.54, 1.807) is 0 Å². The first-order valence-electron chi connectivity index (χ1n) is 0.946. The number of nitrogens with two attached hydrogens (primary N) is 2. The number of carbonyl (C=O) groups is 1. The van der Waals surface area contributed by atoms with E-state index < -0.39 is 6.16 Å². The van der Waals surface area contributed by atoms with Crippen molar-refractivity contribution in [2.45, 2.75) is 0 Å². The SMILES string of the molecule is NN.O=C([O-])[O-].[Ca+2]. The number of hydrogen-bond donors (Lipinski definition) is 2. The zero-order valence-corrected chi connectivity index (χ0v) is 5.79. The van der Waals surface area contributed by atoms with E-state index in [0.717, 1.165) is 0 Å². The van der Waals surface area contributed by atoms with Gasteiger partial charge in [-0.25, -0.2) is 0 Å². The predicted molar refractivity (Wildman–Crippen MR) is 19.5 cm³/mol. The Balaban J connectivity index is -0.0000000480. The zero-order valence-electron chi connectivity index (χ0n) is 3.59. The third-order valence-corrected chi connectivity index (χ3v) is 0. The van der Waals surface area contributed by atoms with Crippen LogP contribution in [0.15, 0.2) is 0 Å². The summed E-state index contributed by atoms with van der Waals surface area (Å²) in [6, 6.07) is 0. The van der Waals surface area contributed by atoms with Crippen molar-refractivity contribution in [3.63, 3.8) is 0 Å². The molecule has 0 aromatic carbocycles. The van der Waals surface area contributed by atoms with Crippen LogP contribution in [0.25, 0.3) is 0 Å². The van der Waals surface area contributed by atoms with E-state index >= 15 is 0 Å². The number of carboxylic acid groups (broad SMARTS) is 2. The Bertz CT molecular complexity index is 35.9. The van der Waals surface area contributed by atoms with E-state index in [-0.39, 0.29) is 37.7 Å². The minimum atomic E-state index is -2.33. The molecule has 7 heavy (non-hydrogen) atoms. The van der Waals surface area contributed by atoms with Gasteiger partial charge in [0.1, 0.15) is 0 Å². The zero-order chi connectivity index (χ0) is 5.58. The summed E-state index contributed by atoms with van der Waals surface area (Å²) >= 11 is 0. The van der Waals surface area contributed by atoms with Crippen molar-refractivity contribution in [2.24, 2.45) is 11.7 Å². The van der Waals surface area contributed by atoms with E-state index in [0.29, 0.717) is 0 Å². The molecule has 0 aromatic rings. The fourth-order valence-electron chi connectivity index (χ4n) is 0. The van der Waals surface area contributed by atoms with Crippen molar-refractivity contribution in [1.82, 2.24) is 0 Å². The number of hydrazine groups is 1. The molecule has 4 N–H and O–H groups in total. The van der Waals surface area contributed by atoms with Gasteiger partial charge in [0.15, 0.2) is 0 Å². The molecule has 0 bridgehead atoms. The van der Waals surface area contributed by atoms with Gasteiger partial charge < -0.3 is 15.0 Å². The largest absolute Gasteiger partial charge is 2.00 e. The summed E-state index contributed by atoms with van der Waals surface area (Å²) in [4.78, 5) is 8.33. The van der Waals surface area contributed by atoms with Crippen LogP contribution in [0, 0.1) is 0 Å². The van der Waals surface area contributed by atoms with Crippen molar-refractivity contribution in [3.8, 4) is 0 Å². The average molecular weight is 132 g/mol. The molecule has 0 aromatic heterocycles. The van der Waals surface area contributed by atoms with Crippen LogP contribution >= 0.6 is 0 Å². The van der Waals surface area contributed by atoms with Crippen molar-refractivity contribution in [1.29, 1.82) is 0 Å². The summed E-state index contributed by atoms with van der Waals surface area (Å²) in [6.07, 6.45) is -2.33. The van der Waals surface area contributed by atoms with Crippen molar-refractivity contribution in [2.75, 3.05) is 0 Å². The molecule has 5 nitrogen and oxygen atoms in total. The van der Waals surface area contributed by atoms with Crippen LogP contribution in [-0.2, 0) is 0 Å². The summed E-state index contributed by atoms with van der Waals surface area (Å²) in [5.41, 5.74) is 0. The van der Waals surface area contributed by atoms with Gasteiger partial charge in [0.05, 0.1) is 0 Å². The monoisotopic (exact) mass is 132 g/mol. The van der Waals surface area contributed by atoms with Gasteiger partial charge >= 0.3 is 37.7 Å². The second-order valence-corrected chi connectivity index (χ2v) is 0.250. The molecule has 0 saturated heterocycles. The van der Waals surface area contributed by atoms with Crippen molar-refractivity contribution < 1.29 is 15.0 Å². The number of carbonyl (C=O) groups excluding carboxylic acids is 1. The van der Waals surface area contributed by atoms with Crippen LogP contribution in [0.4, 0.5) is 4.79 Å². The second-order valence-electron chi connectivity index (χ2n) is 0.250. The Kier molecular flexibility index (Phi) is 36.0. The maximum Gasteiger partial charge on any atom is 2.00 e. The van der Waals surface area contributed by atoms with Gasteiger partial charge in [-0.1, -0.05) is 0 Å². The van der Waals surface area contributed by atoms with Crippen molar-refractivity contribution >= 4 is 43.9 Å². The fourth-order valence-corrected chi connectivity index (χ4v) is 0. The predicted octanol–water partition coefficient (Wildman–Crippen LogP) is -4.01. The van der Waals surface area contributed by atoms with E-state index in [1.807, 2.05) is 0 Å². The van der Waals surface area contributed by atoms with Gasteiger partial charge in [0, 0.05) is 0 Å². The minimum absolute atomic E-state index is 0. The Morgan fingerprint density at radius 2 is 1.29 bits per heavy atom. The van der Waals surface area contributed by atoms with Crippen LogP contribution in [0.1, 0.15) is 0 Å². The van der Waals surface area contributed by atoms with Gasteiger partial charge in [-0.05, 0) is 6.16 Å². The topological polar surface area (TPSA) is 115 Å². The molecule has 0 radical (unpaired) electrons. The average Bonchev–Trinajstić information content (AvgIpc) is 1.41. The molecule has 0 aliphatic rings. The Morgan fingerprint density at radius 1 is 1.29 bits per heavy atom. The van der Waals surface area contributed by atoms with Gasteiger partial charge in [-0.15, -0.1) is 0 Å². The molecule has 6 heteroatoms. The molecule has 0 aliphatic heterocycles. The van der Waals surface area contributed by atoms with Crippen LogP contribution in [0.5, 0.6) is 0 Å². The quantitative estimate of drug-likeness (QED) is 0.198. The van der Waals surface area contributed by atoms with E-state index in [4.69, 9.17) is 15.0 Å². The van der Waals surface area contributed by atoms with Gasteiger partial charge in [-0.3, -0.25) is 11.7 Å². The maximum atomic E-state index is 8.33. The molecule has 0 fully saturated rings. The van der Waals surface area contributed by atoms with Crippen LogP contribution < -0.4 is 21.9 Å². The number of hydrogen-bond acceptors (Lipinski definition) is 5. The third-order valence-electron chi connectivity index (χ3n) is 0. The Morgan fingerprint density at radius 3 is 1.29 bits per heavy atom. The Hall–Kier alpha value is 0.450. The molecule has 0 aliphatic carbocycles. The molecule has 0 spiro atoms. The smallest absolute Gasteiger partial charge is 0.652 e. The first kappa shape index (κ1) is 15.7. The Labute approximate surface area is 70.3 Å². The molecule has 0 atom stereocenters. The molecule has 38 valence electrons. The maximum absolute atomic E-state index is 8.33. The third kappa shape index (κ3) is 631. The fraction of sp³-hybridized carbons (Fsp3) is 0. The van der Waals surface area contributed by atoms with Crippen LogP contribution in [0.3, 0.4) is 0 Å². The first-order valence-corrected chi connectivity index (χ1v) is 0.946. The van der Waals surface area contributed by atoms with Gasteiger partial charge in [-0.2, -0.15) is 0 Å². The molecular formula is CH4CaN2O3. The van der Waals surface area contributed by atoms with E-state index in [2.05, 4.69) is 11.7 Å². The molecule has 0 unspecified atom stereocenters. The summed E-state index contributed by atoms with van der Waals surface area (Å²) in [6.45, 7) is 0. The summed E-state index contributed by atoms with van der Waals surface area (Å²) in [7, 11) is 0. The standard InChI is InChI=1S/CH2O3.Ca.H4N2/c2-1(3)4;;1-2/h(H2,2,3,4);;1-2H2/q;+2;/p-2. The molecule has 0 rings (SSSR count). The summed E-state index contributed by atoms with van der Waals surface area (Å²) in [5, 5.41) is 16.7.